The van der Waals surface area contributed by atoms with Gasteiger partial charge in [-0.2, -0.15) is 0 Å². The summed E-state index contributed by atoms with van der Waals surface area (Å²) in [4.78, 5) is 15.8. The molecule has 0 fully saturated rings. The Morgan fingerprint density at radius 2 is 2.12 bits per heavy atom. The third-order valence-electron chi connectivity index (χ3n) is 1.87. The minimum atomic E-state index is -0.357. The summed E-state index contributed by atoms with van der Waals surface area (Å²) in [7, 11) is 0. The molecule has 0 aliphatic carbocycles. The van der Waals surface area contributed by atoms with Gasteiger partial charge in [0.05, 0.1) is 0 Å². The summed E-state index contributed by atoms with van der Waals surface area (Å²) in [6.45, 7) is 2.13. The van der Waals surface area contributed by atoms with Crippen LogP contribution in [-0.4, -0.2) is 24.9 Å². The van der Waals surface area contributed by atoms with E-state index in [0.717, 1.165) is 0 Å². The SMILES string of the molecule is CCNC(=O)CO/N=C(\N)c1ccc(F)cc1. The van der Waals surface area contributed by atoms with Crippen LogP contribution in [0, 0.1) is 5.82 Å². The van der Waals surface area contributed by atoms with Crippen LogP contribution in [0.4, 0.5) is 4.39 Å². The number of benzene rings is 1. The van der Waals surface area contributed by atoms with Crippen molar-refractivity contribution < 1.29 is 14.0 Å². The quantitative estimate of drug-likeness (QED) is 0.448. The van der Waals surface area contributed by atoms with Crippen molar-refractivity contribution >= 4 is 11.7 Å². The van der Waals surface area contributed by atoms with Gasteiger partial charge in [0.2, 0.25) is 0 Å². The summed E-state index contributed by atoms with van der Waals surface area (Å²) in [6, 6.07) is 5.48. The minimum absolute atomic E-state index is 0.0919. The number of hydrogen-bond acceptors (Lipinski definition) is 3. The molecule has 0 saturated heterocycles. The highest BCUT2D eigenvalue weighted by Crippen LogP contribution is 2.02. The molecule has 1 aromatic carbocycles. The van der Waals surface area contributed by atoms with E-state index in [-0.39, 0.29) is 24.2 Å². The second kappa shape index (κ2) is 6.47. The fourth-order valence-corrected chi connectivity index (χ4v) is 1.08. The molecule has 0 aliphatic heterocycles. The fourth-order valence-electron chi connectivity index (χ4n) is 1.08. The zero-order chi connectivity index (χ0) is 12.7. The maximum absolute atomic E-state index is 12.6. The van der Waals surface area contributed by atoms with Gasteiger partial charge in [-0.1, -0.05) is 5.16 Å². The number of likely N-dealkylation sites (N-methyl/N-ethyl adjacent to an activating group) is 1. The molecule has 0 aliphatic rings. The Morgan fingerprint density at radius 1 is 1.47 bits per heavy atom. The molecular weight excluding hydrogens is 225 g/mol. The Kier molecular flexibility index (Phi) is 4.93. The van der Waals surface area contributed by atoms with Crippen LogP contribution in [0.2, 0.25) is 0 Å². The van der Waals surface area contributed by atoms with Crippen molar-refractivity contribution in [2.75, 3.05) is 13.2 Å². The maximum Gasteiger partial charge on any atom is 0.260 e. The zero-order valence-electron chi connectivity index (χ0n) is 9.44. The minimum Gasteiger partial charge on any atom is -0.384 e. The lowest BCUT2D eigenvalue weighted by atomic mass is 10.2. The van der Waals surface area contributed by atoms with Gasteiger partial charge in [-0.05, 0) is 31.2 Å². The van der Waals surface area contributed by atoms with E-state index < -0.39 is 0 Å². The largest absolute Gasteiger partial charge is 0.384 e. The van der Waals surface area contributed by atoms with E-state index in [1.807, 2.05) is 0 Å². The number of carbonyl (C=O) groups excluding carboxylic acids is 1. The number of nitrogens with one attached hydrogen (secondary N) is 1. The first kappa shape index (κ1) is 13.0. The maximum atomic E-state index is 12.6. The van der Waals surface area contributed by atoms with Gasteiger partial charge in [-0.15, -0.1) is 0 Å². The van der Waals surface area contributed by atoms with Crippen LogP contribution in [0.1, 0.15) is 12.5 Å². The molecule has 17 heavy (non-hydrogen) atoms. The summed E-state index contributed by atoms with van der Waals surface area (Å²) in [5.41, 5.74) is 6.11. The summed E-state index contributed by atoms with van der Waals surface area (Å²) in [6.07, 6.45) is 0. The summed E-state index contributed by atoms with van der Waals surface area (Å²) in [5.74, 6) is -0.540. The van der Waals surface area contributed by atoms with E-state index >= 15 is 0 Å². The summed E-state index contributed by atoms with van der Waals surface area (Å²) in [5, 5.41) is 6.10. The van der Waals surface area contributed by atoms with Crippen LogP contribution in [0.15, 0.2) is 29.4 Å². The van der Waals surface area contributed by atoms with E-state index in [0.29, 0.717) is 12.1 Å². The Morgan fingerprint density at radius 3 is 2.71 bits per heavy atom. The van der Waals surface area contributed by atoms with E-state index in [9.17, 15) is 9.18 Å². The highest BCUT2D eigenvalue weighted by atomic mass is 19.1. The molecule has 0 unspecified atom stereocenters. The van der Waals surface area contributed by atoms with Crippen molar-refractivity contribution in [1.29, 1.82) is 0 Å². The Hall–Kier alpha value is -2.11. The van der Waals surface area contributed by atoms with Crippen LogP contribution >= 0.6 is 0 Å². The van der Waals surface area contributed by atoms with Gasteiger partial charge in [-0.3, -0.25) is 4.79 Å². The van der Waals surface area contributed by atoms with Crippen molar-refractivity contribution in [3.8, 4) is 0 Å². The van der Waals surface area contributed by atoms with Gasteiger partial charge in [-0.25, -0.2) is 4.39 Å². The summed E-state index contributed by atoms with van der Waals surface area (Å²) >= 11 is 0. The lowest BCUT2D eigenvalue weighted by Crippen LogP contribution is -2.27. The van der Waals surface area contributed by atoms with Gasteiger partial charge >= 0.3 is 0 Å². The second-order valence-corrected chi connectivity index (χ2v) is 3.21. The predicted molar refractivity (Wildman–Crippen MR) is 61.8 cm³/mol. The molecule has 0 atom stereocenters. The lowest BCUT2D eigenvalue weighted by Gasteiger charge is -2.02. The molecule has 0 spiro atoms. The van der Waals surface area contributed by atoms with E-state index in [2.05, 4.69) is 10.5 Å². The van der Waals surface area contributed by atoms with Crippen LogP contribution < -0.4 is 11.1 Å². The normalized spacial score (nSPS) is 11.1. The first-order valence-corrected chi connectivity index (χ1v) is 5.11. The predicted octanol–water partition coefficient (Wildman–Crippen LogP) is 0.599. The van der Waals surface area contributed by atoms with Gasteiger partial charge in [0.15, 0.2) is 12.4 Å². The average Bonchev–Trinajstić information content (AvgIpc) is 2.30. The number of hydrogen-bond donors (Lipinski definition) is 2. The standard InChI is InChI=1S/C11H14FN3O2/c1-2-14-10(16)7-17-15-11(13)8-3-5-9(12)6-4-8/h3-6H,2,7H2,1H3,(H2,13,15)(H,14,16). The van der Waals surface area contributed by atoms with Crippen LogP contribution in [0.5, 0.6) is 0 Å². The number of rotatable bonds is 5. The number of amidine groups is 1. The van der Waals surface area contributed by atoms with Crippen molar-refractivity contribution in [3.05, 3.63) is 35.6 Å². The number of oxime groups is 1. The number of amides is 1. The molecule has 5 nitrogen and oxygen atoms in total. The molecule has 0 aromatic heterocycles. The number of halogens is 1. The summed E-state index contributed by atoms with van der Waals surface area (Å²) < 4.78 is 12.6. The highest BCUT2D eigenvalue weighted by molar-refractivity contribution is 5.97. The highest BCUT2D eigenvalue weighted by Gasteiger charge is 2.01. The Labute approximate surface area is 98.4 Å². The monoisotopic (exact) mass is 239 g/mol. The Bertz CT molecular complexity index is 404. The first-order valence-electron chi connectivity index (χ1n) is 5.11. The molecule has 1 amide bonds. The molecule has 6 heteroatoms. The van der Waals surface area contributed by atoms with Crippen molar-refractivity contribution in [2.45, 2.75) is 6.92 Å². The van der Waals surface area contributed by atoms with Crippen LogP contribution in [0.3, 0.4) is 0 Å². The molecule has 0 heterocycles. The van der Waals surface area contributed by atoms with E-state index in [4.69, 9.17) is 10.6 Å². The van der Waals surface area contributed by atoms with Crippen molar-refractivity contribution in [1.82, 2.24) is 5.32 Å². The lowest BCUT2D eigenvalue weighted by molar-refractivity contribution is -0.125. The molecule has 1 rings (SSSR count). The molecule has 0 saturated carbocycles. The molecule has 0 radical (unpaired) electrons. The van der Waals surface area contributed by atoms with E-state index in [1.165, 1.54) is 24.3 Å². The topological polar surface area (TPSA) is 76.7 Å². The molecule has 92 valence electrons. The Balaban J connectivity index is 2.49. The smallest absolute Gasteiger partial charge is 0.260 e. The third-order valence-corrected chi connectivity index (χ3v) is 1.87. The van der Waals surface area contributed by atoms with E-state index in [1.54, 1.807) is 6.92 Å². The first-order chi connectivity index (χ1) is 8.13. The fraction of sp³-hybridized carbons (Fsp3) is 0.273. The number of nitrogens with two attached hydrogens (primary N) is 1. The van der Waals surface area contributed by atoms with Gasteiger partial charge in [0, 0.05) is 12.1 Å². The molecular formula is C11H14FN3O2. The van der Waals surface area contributed by atoms with Crippen LogP contribution in [-0.2, 0) is 9.63 Å². The average molecular weight is 239 g/mol. The molecule has 1 aromatic rings. The molecule has 0 bridgehead atoms. The number of carbonyl (C=O) groups is 1. The van der Waals surface area contributed by atoms with Crippen molar-refractivity contribution in [2.24, 2.45) is 10.9 Å². The number of nitrogens with zero attached hydrogens (tertiary/aromatic N) is 1. The van der Waals surface area contributed by atoms with Gasteiger partial charge in [0.25, 0.3) is 5.91 Å². The third kappa shape index (κ3) is 4.50. The van der Waals surface area contributed by atoms with Gasteiger partial charge < -0.3 is 15.9 Å². The zero-order valence-corrected chi connectivity index (χ0v) is 9.44. The van der Waals surface area contributed by atoms with Crippen LogP contribution in [0.25, 0.3) is 0 Å². The van der Waals surface area contributed by atoms with Crippen molar-refractivity contribution in [3.63, 3.8) is 0 Å². The van der Waals surface area contributed by atoms with Gasteiger partial charge in [0.1, 0.15) is 5.82 Å². The molecule has 3 N–H and O–H groups in total. The second-order valence-electron chi connectivity index (χ2n) is 3.21.